The molecule has 1 aliphatic heterocycles. The zero-order chi connectivity index (χ0) is 17.3. The van der Waals surface area contributed by atoms with Gasteiger partial charge in [0.15, 0.2) is 0 Å². The monoisotopic (exact) mass is 412 g/mol. The molecule has 1 unspecified atom stereocenters. The van der Waals surface area contributed by atoms with Gasteiger partial charge in [0.25, 0.3) is 0 Å². The first-order valence-electron chi connectivity index (χ1n) is 8.51. The molecule has 4 nitrogen and oxygen atoms in total. The number of hydrogen-bond acceptors (Lipinski definition) is 2. The Kier molecular flexibility index (Phi) is 5.28. The van der Waals surface area contributed by atoms with Crippen molar-refractivity contribution in [3.63, 3.8) is 0 Å². The zero-order valence-corrected chi connectivity index (χ0v) is 16.2. The number of carbonyl (C=O) groups excluding carboxylic acids is 1. The summed E-state index contributed by atoms with van der Waals surface area (Å²) in [5, 5.41) is 0. The lowest BCUT2D eigenvalue weighted by Crippen LogP contribution is -3.00. The smallest absolute Gasteiger partial charge is 0.321 e. The molecule has 4 rings (SSSR count). The van der Waals surface area contributed by atoms with E-state index in [-0.39, 0.29) is 29.1 Å². The van der Waals surface area contributed by atoms with Gasteiger partial charge in [-0.1, -0.05) is 60.7 Å². The molecule has 2 heterocycles. The number of aromatic nitrogens is 2. The summed E-state index contributed by atoms with van der Waals surface area (Å²) >= 11 is 0. The molecule has 0 radical (unpaired) electrons. The minimum Gasteiger partial charge on any atom is -1.00 e. The number of rotatable bonds is 4. The second kappa shape index (κ2) is 7.46. The number of halogens is 1. The van der Waals surface area contributed by atoms with Gasteiger partial charge in [0.2, 0.25) is 6.33 Å². The van der Waals surface area contributed by atoms with Crippen molar-refractivity contribution in [3.8, 4) is 0 Å². The van der Waals surface area contributed by atoms with Gasteiger partial charge in [0.1, 0.15) is 30.5 Å². The lowest BCUT2D eigenvalue weighted by atomic mass is 9.72. The molecule has 1 aliphatic rings. The first kappa shape index (κ1) is 18.4. The fourth-order valence-electron chi connectivity index (χ4n) is 3.75. The number of nitrogens with zero attached hydrogens (tertiary/aromatic N) is 2. The number of cyclic esters (lactones) is 1. The lowest BCUT2D eigenvalue weighted by Gasteiger charge is -2.26. The molecule has 0 amide bonds. The van der Waals surface area contributed by atoms with E-state index in [0.717, 1.165) is 11.1 Å². The van der Waals surface area contributed by atoms with Crippen LogP contribution in [0.2, 0.25) is 0 Å². The molecular formula is C21H21BrN2O2. The molecular weight excluding hydrogens is 392 g/mol. The SMILES string of the molecule is C[n+]1ccn(CC2CC(c3ccccc3)(c3ccccc3)C(=O)O2)c1.[Br-]. The number of benzene rings is 2. The first-order valence-corrected chi connectivity index (χ1v) is 8.51. The molecule has 0 bridgehead atoms. The van der Waals surface area contributed by atoms with E-state index in [1.165, 1.54) is 0 Å². The van der Waals surface area contributed by atoms with Crippen molar-refractivity contribution in [2.75, 3.05) is 0 Å². The van der Waals surface area contributed by atoms with Crippen LogP contribution in [-0.2, 0) is 28.5 Å². The first-order chi connectivity index (χ1) is 12.2. The number of imidazole rings is 1. The van der Waals surface area contributed by atoms with Crippen molar-refractivity contribution in [1.29, 1.82) is 0 Å². The summed E-state index contributed by atoms with van der Waals surface area (Å²) in [4.78, 5) is 13.1. The summed E-state index contributed by atoms with van der Waals surface area (Å²) in [6.07, 6.45) is 6.47. The van der Waals surface area contributed by atoms with Crippen molar-refractivity contribution in [2.24, 2.45) is 7.05 Å². The number of aryl methyl sites for hydroxylation is 1. The van der Waals surface area contributed by atoms with Gasteiger partial charge in [-0.25, -0.2) is 9.13 Å². The third-order valence-corrected chi connectivity index (χ3v) is 4.93. The van der Waals surface area contributed by atoms with Gasteiger partial charge < -0.3 is 21.7 Å². The maximum atomic E-state index is 13.1. The number of hydrogen-bond donors (Lipinski definition) is 0. The normalized spacial score (nSPS) is 18.2. The van der Waals surface area contributed by atoms with E-state index in [9.17, 15) is 4.79 Å². The summed E-state index contributed by atoms with van der Waals surface area (Å²) < 4.78 is 9.87. The van der Waals surface area contributed by atoms with E-state index in [1.54, 1.807) is 0 Å². The van der Waals surface area contributed by atoms with E-state index < -0.39 is 5.41 Å². The number of esters is 1. The quantitative estimate of drug-likeness (QED) is 0.432. The van der Waals surface area contributed by atoms with Crippen LogP contribution in [0.15, 0.2) is 79.4 Å². The largest absolute Gasteiger partial charge is 1.00 e. The van der Waals surface area contributed by atoms with Gasteiger partial charge in [-0.05, 0) is 11.1 Å². The molecule has 3 aromatic rings. The number of carbonyl (C=O) groups is 1. The van der Waals surface area contributed by atoms with Gasteiger partial charge in [0.05, 0.1) is 7.05 Å². The van der Waals surface area contributed by atoms with Gasteiger partial charge in [0, 0.05) is 6.42 Å². The van der Waals surface area contributed by atoms with E-state index in [4.69, 9.17) is 4.74 Å². The Morgan fingerprint density at radius 3 is 2.15 bits per heavy atom. The molecule has 1 aromatic heterocycles. The van der Waals surface area contributed by atoms with Crippen molar-refractivity contribution in [1.82, 2.24) is 4.57 Å². The Morgan fingerprint density at radius 1 is 1.08 bits per heavy atom. The predicted molar refractivity (Wildman–Crippen MR) is 93.8 cm³/mol. The summed E-state index contributed by atoms with van der Waals surface area (Å²) in [5.41, 5.74) is 1.25. The maximum Gasteiger partial charge on any atom is 0.321 e. The van der Waals surface area contributed by atoms with Crippen LogP contribution in [0.5, 0.6) is 0 Å². The van der Waals surface area contributed by atoms with Crippen LogP contribution >= 0.6 is 0 Å². The second-order valence-corrected chi connectivity index (χ2v) is 6.64. The Morgan fingerprint density at radius 2 is 1.65 bits per heavy atom. The van der Waals surface area contributed by atoms with Crippen LogP contribution in [0.4, 0.5) is 0 Å². The lowest BCUT2D eigenvalue weighted by molar-refractivity contribution is -0.671. The van der Waals surface area contributed by atoms with Crippen LogP contribution in [0.25, 0.3) is 0 Å². The molecule has 1 atom stereocenters. The third kappa shape index (κ3) is 3.19. The molecule has 26 heavy (non-hydrogen) atoms. The molecule has 1 fully saturated rings. The molecule has 0 spiro atoms. The molecule has 0 N–H and O–H groups in total. The molecule has 2 aromatic carbocycles. The predicted octanol–water partition coefficient (Wildman–Crippen LogP) is -0.382. The molecule has 134 valence electrons. The minimum absolute atomic E-state index is 0. The van der Waals surface area contributed by atoms with Crippen LogP contribution in [-0.4, -0.2) is 16.6 Å². The highest BCUT2D eigenvalue weighted by molar-refractivity contribution is 5.89. The summed E-state index contributed by atoms with van der Waals surface area (Å²) in [5.74, 6) is -0.161. The van der Waals surface area contributed by atoms with Gasteiger partial charge in [-0.15, -0.1) is 0 Å². The summed E-state index contributed by atoms with van der Waals surface area (Å²) in [7, 11) is 1.98. The molecule has 0 aliphatic carbocycles. The Bertz CT molecular complexity index is 838. The van der Waals surface area contributed by atoms with Crippen LogP contribution in [0.3, 0.4) is 0 Å². The highest BCUT2D eigenvalue weighted by Gasteiger charge is 2.52. The standard InChI is InChI=1S/C21H21N2O2.BrH/c1-22-12-13-23(16-22)15-19-14-21(20(24)25-19,17-8-4-2-5-9-17)18-10-6-3-7-11-18;/h2-13,16,19H,14-15H2,1H3;1H/q+1;/p-1. The van der Waals surface area contributed by atoms with Crippen molar-refractivity contribution in [3.05, 3.63) is 90.5 Å². The van der Waals surface area contributed by atoms with Gasteiger partial charge in [-0.3, -0.25) is 4.79 Å². The van der Waals surface area contributed by atoms with E-state index >= 15 is 0 Å². The average Bonchev–Trinajstić information content (AvgIpc) is 3.20. The topological polar surface area (TPSA) is 35.1 Å². The average molecular weight is 413 g/mol. The molecule has 0 saturated carbocycles. The Hall–Kier alpha value is -2.40. The second-order valence-electron chi connectivity index (χ2n) is 6.64. The Balaban J connectivity index is 0.00000196. The van der Waals surface area contributed by atoms with Crippen LogP contribution in [0.1, 0.15) is 17.5 Å². The van der Waals surface area contributed by atoms with E-state index in [0.29, 0.717) is 13.0 Å². The highest BCUT2D eigenvalue weighted by Crippen LogP contribution is 2.43. The van der Waals surface area contributed by atoms with Gasteiger partial charge >= 0.3 is 5.97 Å². The summed E-state index contributed by atoms with van der Waals surface area (Å²) in [6, 6.07) is 19.9. The summed E-state index contributed by atoms with van der Waals surface area (Å²) in [6.45, 7) is 0.661. The molecule has 5 heteroatoms. The maximum absolute atomic E-state index is 13.1. The Labute approximate surface area is 163 Å². The number of ether oxygens (including phenoxy) is 1. The van der Waals surface area contributed by atoms with Crippen molar-refractivity contribution < 1.29 is 31.1 Å². The van der Waals surface area contributed by atoms with E-state index in [2.05, 4.69) is 4.57 Å². The third-order valence-electron chi connectivity index (χ3n) is 4.93. The van der Waals surface area contributed by atoms with Crippen LogP contribution < -0.4 is 21.5 Å². The molecule has 1 saturated heterocycles. The van der Waals surface area contributed by atoms with Crippen molar-refractivity contribution >= 4 is 5.97 Å². The zero-order valence-electron chi connectivity index (χ0n) is 14.6. The highest BCUT2D eigenvalue weighted by atomic mass is 79.9. The van der Waals surface area contributed by atoms with Crippen LogP contribution in [0, 0.1) is 0 Å². The van der Waals surface area contributed by atoms with Crippen molar-refractivity contribution in [2.45, 2.75) is 24.5 Å². The van der Waals surface area contributed by atoms with E-state index in [1.807, 2.05) is 91.0 Å². The minimum atomic E-state index is -0.734. The van der Waals surface area contributed by atoms with Gasteiger partial charge in [-0.2, -0.15) is 0 Å². The fourth-order valence-corrected chi connectivity index (χ4v) is 3.75. The fraction of sp³-hybridized carbons (Fsp3) is 0.238.